The lowest BCUT2D eigenvalue weighted by Gasteiger charge is -2.36. The van der Waals surface area contributed by atoms with Gasteiger partial charge in [-0.15, -0.1) is 0 Å². The first kappa shape index (κ1) is 27.4. The van der Waals surface area contributed by atoms with Gasteiger partial charge in [0.05, 0.1) is 12.0 Å². The summed E-state index contributed by atoms with van der Waals surface area (Å²) in [5.41, 5.74) is 4.16. The number of carboxylic acid groups (broad SMARTS) is 1. The van der Waals surface area contributed by atoms with Crippen LogP contribution >= 0.6 is 0 Å². The van der Waals surface area contributed by atoms with Gasteiger partial charge in [-0.3, -0.25) is 14.4 Å². The number of carbonyl (C=O) groups is 4. The monoisotopic (exact) mass is 528 g/mol. The van der Waals surface area contributed by atoms with E-state index in [1.54, 1.807) is 42.3 Å². The molecular weight excluding hydrogens is 496 g/mol. The molecule has 0 unspecified atom stereocenters. The molecule has 1 aliphatic rings. The van der Waals surface area contributed by atoms with E-state index in [1.165, 1.54) is 4.90 Å². The Balaban J connectivity index is 1.44. The predicted octanol–water partition coefficient (Wildman–Crippen LogP) is 5.08. The number of anilines is 2. The SMILES string of the molecule is Cc1ccccc1NC(=O)Nc1ccc(C(C)(C)N2Cc3ccc(C(=O)N(C)CCC(=O)O)cc3C2=O)cc1. The van der Waals surface area contributed by atoms with Gasteiger partial charge in [-0.05, 0) is 67.8 Å². The van der Waals surface area contributed by atoms with Crippen LogP contribution in [0.3, 0.4) is 0 Å². The Bertz CT molecular complexity index is 1430. The number of amides is 4. The number of carboxylic acids is 1. The smallest absolute Gasteiger partial charge is 0.323 e. The maximum absolute atomic E-state index is 13.4. The zero-order valence-electron chi connectivity index (χ0n) is 22.4. The summed E-state index contributed by atoms with van der Waals surface area (Å²) in [5, 5.41) is 14.6. The van der Waals surface area contributed by atoms with E-state index in [4.69, 9.17) is 5.11 Å². The van der Waals surface area contributed by atoms with Crippen molar-refractivity contribution >= 4 is 35.2 Å². The van der Waals surface area contributed by atoms with Gasteiger partial charge >= 0.3 is 12.0 Å². The third-order valence-corrected chi connectivity index (χ3v) is 7.09. The number of urea groups is 1. The second-order valence-electron chi connectivity index (χ2n) is 10.2. The zero-order valence-corrected chi connectivity index (χ0v) is 22.4. The molecule has 9 heteroatoms. The maximum atomic E-state index is 13.4. The van der Waals surface area contributed by atoms with Crippen molar-refractivity contribution in [1.82, 2.24) is 9.80 Å². The number of nitrogens with one attached hydrogen (secondary N) is 2. The van der Waals surface area contributed by atoms with Crippen molar-refractivity contribution in [3.63, 3.8) is 0 Å². The van der Waals surface area contributed by atoms with E-state index < -0.39 is 11.5 Å². The zero-order chi connectivity index (χ0) is 28.3. The van der Waals surface area contributed by atoms with Gasteiger partial charge in [0.2, 0.25) is 0 Å². The van der Waals surface area contributed by atoms with Gasteiger partial charge in [-0.1, -0.05) is 36.4 Å². The number of para-hydroxylation sites is 1. The largest absolute Gasteiger partial charge is 0.481 e. The average molecular weight is 529 g/mol. The predicted molar refractivity (Wildman–Crippen MR) is 149 cm³/mol. The third kappa shape index (κ3) is 5.93. The molecule has 1 aliphatic heterocycles. The first-order valence-corrected chi connectivity index (χ1v) is 12.6. The van der Waals surface area contributed by atoms with E-state index in [-0.39, 0.29) is 30.8 Å². The Kier molecular flexibility index (Phi) is 7.71. The van der Waals surface area contributed by atoms with Crippen LogP contribution in [0.2, 0.25) is 0 Å². The molecular formula is C30H32N4O5. The molecule has 202 valence electrons. The molecule has 0 spiro atoms. The fourth-order valence-corrected chi connectivity index (χ4v) is 4.59. The molecule has 39 heavy (non-hydrogen) atoms. The van der Waals surface area contributed by atoms with Gasteiger partial charge in [-0.25, -0.2) is 4.79 Å². The average Bonchev–Trinajstić information content (AvgIpc) is 3.25. The maximum Gasteiger partial charge on any atom is 0.323 e. The van der Waals surface area contributed by atoms with Gasteiger partial charge in [0.1, 0.15) is 0 Å². The molecule has 0 aliphatic carbocycles. The normalized spacial score (nSPS) is 12.6. The first-order chi connectivity index (χ1) is 18.5. The van der Waals surface area contributed by atoms with Crippen molar-refractivity contribution in [1.29, 1.82) is 0 Å². The molecule has 0 atom stereocenters. The first-order valence-electron chi connectivity index (χ1n) is 12.6. The molecule has 1 heterocycles. The summed E-state index contributed by atoms with van der Waals surface area (Å²) in [6.07, 6.45) is -0.153. The molecule has 0 fully saturated rings. The van der Waals surface area contributed by atoms with Gasteiger partial charge in [0, 0.05) is 42.6 Å². The van der Waals surface area contributed by atoms with Crippen LogP contribution in [-0.2, 0) is 16.9 Å². The number of aliphatic carboxylic acids is 1. The van der Waals surface area contributed by atoms with Crippen molar-refractivity contribution < 1.29 is 24.3 Å². The van der Waals surface area contributed by atoms with Crippen LogP contribution in [0.4, 0.5) is 16.2 Å². The van der Waals surface area contributed by atoms with Crippen LogP contribution in [0.1, 0.15) is 57.7 Å². The van der Waals surface area contributed by atoms with Crippen LogP contribution in [0.5, 0.6) is 0 Å². The molecule has 0 aromatic heterocycles. The number of hydrogen-bond donors (Lipinski definition) is 3. The van der Waals surface area contributed by atoms with Crippen molar-refractivity contribution in [2.24, 2.45) is 0 Å². The lowest BCUT2D eigenvalue weighted by atomic mass is 9.92. The molecule has 4 amide bonds. The highest BCUT2D eigenvalue weighted by Crippen LogP contribution is 2.36. The van der Waals surface area contributed by atoms with E-state index in [9.17, 15) is 19.2 Å². The molecule has 4 rings (SSSR count). The Morgan fingerprint density at radius 1 is 1.00 bits per heavy atom. The molecule has 9 nitrogen and oxygen atoms in total. The van der Waals surface area contributed by atoms with Crippen molar-refractivity contribution in [3.05, 3.63) is 94.5 Å². The van der Waals surface area contributed by atoms with E-state index in [1.807, 2.05) is 57.2 Å². The fourth-order valence-electron chi connectivity index (χ4n) is 4.59. The van der Waals surface area contributed by atoms with Crippen molar-refractivity contribution in [3.8, 4) is 0 Å². The third-order valence-electron chi connectivity index (χ3n) is 7.09. The second-order valence-corrected chi connectivity index (χ2v) is 10.2. The fraction of sp³-hybridized carbons (Fsp3) is 0.267. The summed E-state index contributed by atoms with van der Waals surface area (Å²) >= 11 is 0. The van der Waals surface area contributed by atoms with E-state index in [2.05, 4.69) is 10.6 Å². The van der Waals surface area contributed by atoms with E-state index in [0.29, 0.717) is 23.4 Å². The summed E-state index contributed by atoms with van der Waals surface area (Å²) in [6, 6.07) is 19.6. The number of aryl methyl sites for hydroxylation is 1. The molecule has 3 aromatic carbocycles. The molecule has 3 aromatic rings. The van der Waals surface area contributed by atoms with Crippen LogP contribution in [0.15, 0.2) is 66.7 Å². The minimum absolute atomic E-state index is 0.0801. The highest BCUT2D eigenvalue weighted by Gasteiger charge is 2.39. The highest BCUT2D eigenvalue weighted by molar-refractivity contribution is 6.03. The van der Waals surface area contributed by atoms with Gasteiger partial charge in [-0.2, -0.15) is 0 Å². The molecule has 0 saturated heterocycles. The van der Waals surface area contributed by atoms with Crippen LogP contribution < -0.4 is 10.6 Å². The van der Waals surface area contributed by atoms with Crippen LogP contribution in [0, 0.1) is 6.92 Å². The minimum Gasteiger partial charge on any atom is -0.481 e. The number of benzene rings is 3. The number of nitrogens with zero attached hydrogens (tertiary/aromatic N) is 2. The number of hydrogen-bond acceptors (Lipinski definition) is 4. The van der Waals surface area contributed by atoms with Crippen LogP contribution in [-0.4, -0.2) is 52.3 Å². The molecule has 3 N–H and O–H groups in total. The Morgan fingerprint density at radius 3 is 2.36 bits per heavy atom. The van der Waals surface area contributed by atoms with Crippen LogP contribution in [0.25, 0.3) is 0 Å². The summed E-state index contributed by atoms with van der Waals surface area (Å²) in [6.45, 7) is 6.30. The number of carbonyl (C=O) groups excluding carboxylic acids is 3. The van der Waals surface area contributed by atoms with E-state index >= 15 is 0 Å². The Morgan fingerprint density at radius 2 is 1.69 bits per heavy atom. The molecule has 0 saturated carbocycles. The number of rotatable bonds is 8. The lowest BCUT2D eigenvalue weighted by molar-refractivity contribution is -0.137. The topological polar surface area (TPSA) is 119 Å². The van der Waals surface area contributed by atoms with Crippen molar-refractivity contribution in [2.45, 2.75) is 39.3 Å². The quantitative estimate of drug-likeness (QED) is 0.377. The van der Waals surface area contributed by atoms with Gasteiger partial charge in [0.25, 0.3) is 11.8 Å². The summed E-state index contributed by atoms with van der Waals surface area (Å²) in [7, 11) is 1.54. The second kappa shape index (κ2) is 11.0. The molecule has 0 bridgehead atoms. The van der Waals surface area contributed by atoms with E-state index in [0.717, 1.165) is 22.4 Å². The Labute approximate surface area is 227 Å². The lowest BCUT2D eigenvalue weighted by Crippen LogP contribution is -2.41. The van der Waals surface area contributed by atoms with Gasteiger partial charge < -0.3 is 25.5 Å². The highest BCUT2D eigenvalue weighted by atomic mass is 16.4. The summed E-state index contributed by atoms with van der Waals surface area (Å²) in [4.78, 5) is 52.6. The van der Waals surface area contributed by atoms with Crippen molar-refractivity contribution in [2.75, 3.05) is 24.2 Å². The number of fused-ring (bicyclic) bond motifs is 1. The van der Waals surface area contributed by atoms with Gasteiger partial charge in [0.15, 0.2) is 0 Å². The minimum atomic E-state index is -0.981. The summed E-state index contributed by atoms with van der Waals surface area (Å²) < 4.78 is 0. The molecule has 0 radical (unpaired) electrons. The summed E-state index contributed by atoms with van der Waals surface area (Å²) in [5.74, 6) is -1.50. The standard InChI is InChI=1S/C30H32N4O5/c1-19-7-5-6-8-25(19)32-29(39)31-23-13-11-22(12-14-23)30(2,3)34-18-21-10-9-20(17-24(21)28(34)38)27(37)33(4)16-15-26(35)36/h5-14,17H,15-16,18H2,1-4H3,(H,35,36)(H2,31,32,39). The Hall–Kier alpha value is -4.66.